The molecule has 0 spiro atoms. The predicted octanol–water partition coefficient (Wildman–Crippen LogP) is 1.13. The van der Waals surface area contributed by atoms with E-state index < -0.39 is 23.6 Å². The molecule has 0 amide bonds. The van der Waals surface area contributed by atoms with Gasteiger partial charge in [-0.2, -0.15) is 13.2 Å². The second-order valence-corrected chi connectivity index (χ2v) is 3.32. The summed E-state index contributed by atoms with van der Waals surface area (Å²) >= 11 is 0. The van der Waals surface area contributed by atoms with E-state index in [4.69, 9.17) is 10.8 Å². The first-order chi connectivity index (χ1) is 5.81. The standard InChI is InChI=1S/C7H10F3NO2/c8-7(9,10)6(2-1-3-6)4(11)5(12)13/h4H,1-3,11H2,(H,12,13). The van der Waals surface area contributed by atoms with E-state index in [0.29, 0.717) is 6.42 Å². The average molecular weight is 197 g/mol. The van der Waals surface area contributed by atoms with Gasteiger partial charge in [0.05, 0.1) is 5.41 Å². The van der Waals surface area contributed by atoms with E-state index in [1.807, 2.05) is 0 Å². The van der Waals surface area contributed by atoms with Gasteiger partial charge in [0.15, 0.2) is 0 Å². The summed E-state index contributed by atoms with van der Waals surface area (Å²) in [4.78, 5) is 10.4. The fraction of sp³-hybridized carbons (Fsp3) is 0.857. The first-order valence-electron chi connectivity index (χ1n) is 3.86. The van der Waals surface area contributed by atoms with Crippen LogP contribution in [0.3, 0.4) is 0 Å². The summed E-state index contributed by atoms with van der Waals surface area (Å²) in [5.41, 5.74) is 2.84. The molecule has 1 saturated carbocycles. The Morgan fingerprint density at radius 1 is 1.46 bits per heavy atom. The van der Waals surface area contributed by atoms with Crippen LogP contribution in [0.4, 0.5) is 13.2 Å². The zero-order valence-corrected chi connectivity index (χ0v) is 6.77. The van der Waals surface area contributed by atoms with E-state index in [1.54, 1.807) is 0 Å². The van der Waals surface area contributed by atoms with E-state index in [0.717, 1.165) is 0 Å². The van der Waals surface area contributed by atoms with Crippen LogP contribution in [-0.2, 0) is 4.79 Å². The Hall–Kier alpha value is -0.780. The van der Waals surface area contributed by atoms with E-state index in [1.165, 1.54) is 0 Å². The number of rotatable bonds is 2. The summed E-state index contributed by atoms with van der Waals surface area (Å²) in [6.45, 7) is 0. The van der Waals surface area contributed by atoms with Crippen LogP contribution in [-0.4, -0.2) is 23.3 Å². The fourth-order valence-corrected chi connectivity index (χ4v) is 1.56. The van der Waals surface area contributed by atoms with Crippen molar-refractivity contribution in [3.05, 3.63) is 0 Å². The van der Waals surface area contributed by atoms with E-state index in [-0.39, 0.29) is 12.8 Å². The Kier molecular flexibility index (Phi) is 2.27. The lowest BCUT2D eigenvalue weighted by Crippen LogP contribution is -2.59. The van der Waals surface area contributed by atoms with Gasteiger partial charge in [-0.15, -0.1) is 0 Å². The number of hydrogen-bond donors (Lipinski definition) is 2. The molecular formula is C7H10F3NO2. The lowest BCUT2D eigenvalue weighted by molar-refractivity contribution is -0.259. The van der Waals surface area contributed by atoms with Crippen LogP contribution in [0, 0.1) is 5.41 Å². The molecule has 1 atom stereocenters. The van der Waals surface area contributed by atoms with Gasteiger partial charge in [-0.1, -0.05) is 6.42 Å². The van der Waals surface area contributed by atoms with Crippen LogP contribution in [0.15, 0.2) is 0 Å². The Morgan fingerprint density at radius 2 is 1.92 bits per heavy atom. The van der Waals surface area contributed by atoms with Gasteiger partial charge in [0.25, 0.3) is 0 Å². The van der Waals surface area contributed by atoms with Crippen molar-refractivity contribution >= 4 is 5.97 Å². The summed E-state index contributed by atoms with van der Waals surface area (Å²) in [6, 6.07) is -1.83. The normalized spacial score (nSPS) is 23.4. The van der Waals surface area contributed by atoms with Gasteiger partial charge < -0.3 is 10.8 Å². The number of hydrogen-bond acceptors (Lipinski definition) is 2. The summed E-state index contributed by atoms with van der Waals surface area (Å²) in [7, 11) is 0. The Morgan fingerprint density at radius 3 is 2.00 bits per heavy atom. The van der Waals surface area contributed by atoms with Crippen LogP contribution in [0.1, 0.15) is 19.3 Å². The second-order valence-electron chi connectivity index (χ2n) is 3.32. The van der Waals surface area contributed by atoms with E-state index in [9.17, 15) is 18.0 Å². The molecule has 0 aromatic carbocycles. The molecule has 1 rings (SSSR count). The maximum Gasteiger partial charge on any atom is 0.396 e. The number of halogens is 3. The quantitative estimate of drug-likeness (QED) is 0.697. The molecule has 3 N–H and O–H groups in total. The molecule has 1 aliphatic rings. The van der Waals surface area contributed by atoms with Crippen LogP contribution in [0.2, 0.25) is 0 Å². The van der Waals surface area contributed by atoms with Crippen LogP contribution >= 0.6 is 0 Å². The van der Waals surface area contributed by atoms with Gasteiger partial charge in [-0.3, -0.25) is 4.79 Å². The average Bonchev–Trinajstić information content (AvgIpc) is 1.80. The molecule has 0 heterocycles. The van der Waals surface area contributed by atoms with Gasteiger partial charge in [-0.05, 0) is 12.8 Å². The molecule has 0 aromatic heterocycles. The summed E-state index contributed by atoms with van der Waals surface area (Å²) in [6.07, 6.45) is -4.47. The zero-order chi connectivity index (χ0) is 10.3. The highest BCUT2D eigenvalue weighted by molar-refractivity contribution is 5.74. The number of carbonyl (C=O) groups is 1. The van der Waals surface area contributed by atoms with Crippen molar-refractivity contribution in [3.63, 3.8) is 0 Å². The minimum Gasteiger partial charge on any atom is -0.480 e. The number of nitrogens with two attached hydrogens (primary N) is 1. The fourth-order valence-electron chi connectivity index (χ4n) is 1.56. The summed E-state index contributed by atoms with van der Waals surface area (Å²) in [5, 5.41) is 8.42. The third-order valence-corrected chi connectivity index (χ3v) is 2.67. The lowest BCUT2D eigenvalue weighted by Gasteiger charge is -2.45. The first kappa shape index (κ1) is 10.3. The predicted molar refractivity (Wildman–Crippen MR) is 38.0 cm³/mol. The van der Waals surface area contributed by atoms with Gasteiger partial charge >= 0.3 is 12.1 Å². The molecule has 6 heteroatoms. The Balaban J connectivity index is 2.88. The number of alkyl halides is 3. The van der Waals surface area contributed by atoms with Crippen molar-refractivity contribution in [2.45, 2.75) is 31.5 Å². The van der Waals surface area contributed by atoms with E-state index >= 15 is 0 Å². The molecule has 76 valence electrons. The van der Waals surface area contributed by atoms with Crippen molar-refractivity contribution in [1.29, 1.82) is 0 Å². The molecule has 13 heavy (non-hydrogen) atoms. The minimum absolute atomic E-state index is 0.177. The van der Waals surface area contributed by atoms with E-state index in [2.05, 4.69) is 0 Å². The molecule has 1 aliphatic carbocycles. The first-order valence-corrected chi connectivity index (χ1v) is 3.86. The summed E-state index contributed by atoms with van der Waals surface area (Å²) < 4.78 is 37.3. The molecule has 0 radical (unpaired) electrons. The summed E-state index contributed by atoms with van der Waals surface area (Å²) in [5.74, 6) is -1.59. The lowest BCUT2D eigenvalue weighted by atomic mass is 9.63. The minimum atomic E-state index is -4.51. The van der Waals surface area contributed by atoms with Crippen LogP contribution in [0.25, 0.3) is 0 Å². The van der Waals surface area contributed by atoms with Gasteiger partial charge in [0.2, 0.25) is 0 Å². The van der Waals surface area contributed by atoms with Gasteiger partial charge in [0.1, 0.15) is 6.04 Å². The largest absolute Gasteiger partial charge is 0.480 e. The molecule has 1 unspecified atom stereocenters. The topological polar surface area (TPSA) is 63.3 Å². The van der Waals surface area contributed by atoms with Crippen molar-refractivity contribution in [1.82, 2.24) is 0 Å². The maximum absolute atomic E-state index is 12.4. The molecule has 0 saturated heterocycles. The third-order valence-electron chi connectivity index (χ3n) is 2.67. The molecule has 3 nitrogen and oxygen atoms in total. The SMILES string of the molecule is NC(C(=O)O)C1(C(F)(F)F)CCC1. The Labute approximate surface area is 72.7 Å². The Bertz CT molecular complexity index is 222. The highest BCUT2D eigenvalue weighted by atomic mass is 19.4. The molecule has 0 bridgehead atoms. The van der Waals surface area contributed by atoms with Crippen LogP contribution in [0.5, 0.6) is 0 Å². The molecular weight excluding hydrogens is 187 g/mol. The number of aliphatic carboxylic acids is 1. The van der Waals surface area contributed by atoms with Crippen molar-refractivity contribution in [3.8, 4) is 0 Å². The monoisotopic (exact) mass is 197 g/mol. The highest BCUT2D eigenvalue weighted by Crippen LogP contribution is 2.54. The molecule has 0 aromatic rings. The van der Waals surface area contributed by atoms with Crippen LogP contribution < -0.4 is 5.73 Å². The van der Waals surface area contributed by atoms with Crippen molar-refractivity contribution in [2.24, 2.45) is 11.1 Å². The smallest absolute Gasteiger partial charge is 0.396 e. The van der Waals surface area contributed by atoms with Crippen molar-refractivity contribution < 1.29 is 23.1 Å². The zero-order valence-electron chi connectivity index (χ0n) is 6.77. The number of carboxylic acid groups (broad SMARTS) is 1. The highest BCUT2D eigenvalue weighted by Gasteiger charge is 2.63. The third kappa shape index (κ3) is 1.39. The van der Waals surface area contributed by atoms with Crippen molar-refractivity contribution in [2.75, 3.05) is 0 Å². The maximum atomic E-state index is 12.4. The molecule has 0 aliphatic heterocycles. The molecule has 1 fully saturated rings. The van der Waals surface area contributed by atoms with Gasteiger partial charge in [-0.25, -0.2) is 0 Å². The number of carboxylic acids is 1. The second kappa shape index (κ2) is 2.87. The van der Waals surface area contributed by atoms with Gasteiger partial charge in [0, 0.05) is 0 Å².